The number of halogens is 3. The van der Waals surface area contributed by atoms with E-state index in [1.165, 1.54) is 7.11 Å². The Labute approximate surface area is 149 Å². The lowest BCUT2D eigenvalue weighted by atomic mass is 10.2. The van der Waals surface area contributed by atoms with Crippen LogP contribution in [0.2, 0.25) is 15.1 Å². The number of hydrogen-bond acceptors (Lipinski definition) is 4. The molecule has 2 rings (SSSR count). The predicted octanol–water partition coefficient (Wildman–Crippen LogP) is 4.25. The van der Waals surface area contributed by atoms with Gasteiger partial charge in [0.15, 0.2) is 0 Å². The van der Waals surface area contributed by atoms with Gasteiger partial charge in [0.2, 0.25) is 0 Å². The molecule has 0 bridgehead atoms. The number of hydrogen-bond donors (Lipinski definition) is 0. The van der Waals surface area contributed by atoms with Crippen LogP contribution in [-0.2, 0) is 11.2 Å². The van der Waals surface area contributed by atoms with Crippen LogP contribution in [0.25, 0.3) is 5.69 Å². The molecule has 8 heteroatoms. The molecule has 0 atom stereocenters. The van der Waals surface area contributed by atoms with Gasteiger partial charge in [-0.2, -0.15) is 5.10 Å². The van der Waals surface area contributed by atoms with Crippen molar-refractivity contribution in [2.45, 2.75) is 13.3 Å². The Morgan fingerprint density at radius 1 is 1.26 bits per heavy atom. The highest BCUT2D eigenvalue weighted by Gasteiger charge is 2.27. The summed E-state index contributed by atoms with van der Waals surface area (Å²) in [5, 5.41) is 5.61. The first-order valence-electron chi connectivity index (χ1n) is 6.84. The number of anilines is 1. The number of benzene rings is 1. The molecule has 5 nitrogen and oxygen atoms in total. The average Bonchev–Trinajstić information content (AvgIpc) is 2.84. The van der Waals surface area contributed by atoms with E-state index in [0.717, 1.165) is 0 Å². The zero-order valence-corrected chi connectivity index (χ0v) is 15.4. The second-order valence-electron chi connectivity index (χ2n) is 5.01. The molecule has 0 N–H and O–H groups in total. The van der Waals surface area contributed by atoms with Crippen molar-refractivity contribution in [3.8, 4) is 5.69 Å². The van der Waals surface area contributed by atoms with E-state index in [1.807, 2.05) is 6.92 Å². The van der Waals surface area contributed by atoms with Crippen molar-refractivity contribution in [2.75, 3.05) is 26.1 Å². The monoisotopic (exact) mass is 375 g/mol. The van der Waals surface area contributed by atoms with Crippen molar-refractivity contribution in [2.24, 2.45) is 0 Å². The van der Waals surface area contributed by atoms with Gasteiger partial charge in [-0.1, -0.05) is 41.7 Å². The molecule has 0 aliphatic heterocycles. The first-order valence-corrected chi connectivity index (χ1v) is 7.97. The van der Waals surface area contributed by atoms with Gasteiger partial charge < -0.3 is 9.64 Å². The fraction of sp³-hybridized carbons (Fsp3) is 0.333. The van der Waals surface area contributed by atoms with E-state index in [0.29, 0.717) is 44.3 Å². The minimum atomic E-state index is -0.460. The van der Waals surface area contributed by atoms with Gasteiger partial charge >= 0.3 is 5.97 Å². The molecule has 0 saturated carbocycles. The van der Waals surface area contributed by atoms with E-state index in [-0.39, 0.29) is 0 Å². The molecule has 0 unspecified atom stereocenters. The standard InChI is InChI=1S/C15H16Cl3N3O2/c1-5-11-12(15(22)23-4)14(20(2)3)21(19-11)13-9(17)6-8(16)7-10(13)18/h6-7H,5H2,1-4H3. The summed E-state index contributed by atoms with van der Waals surface area (Å²) < 4.78 is 6.44. The Hall–Kier alpha value is -1.43. The number of ether oxygens (including phenoxy) is 1. The van der Waals surface area contributed by atoms with E-state index in [4.69, 9.17) is 39.5 Å². The molecule has 124 valence electrons. The molecule has 0 aliphatic rings. The minimum absolute atomic E-state index is 0.340. The first kappa shape index (κ1) is 17.9. The van der Waals surface area contributed by atoms with Crippen molar-refractivity contribution in [3.05, 3.63) is 38.5 Å². The molecule has 0 radical (unpaired) electrons. The lowest BCUT2D eigenvalue weighted by Crippen LogP contribution is -2.18. The lowest BCUT2D eigenvalue weighted by Gasteiger charge is -2.18. The highest BCUT2D eigenvalue weighted by molar-refractivity contribution is 6.40. The van der Waals surface area contributed by atoms with Crippen molar-refractivity contribution in [1.82, 2.24) is 9.78 Å². The summed E-state index contributed by atoms with van der Waals surface area (Å²) in [6, 6.07) is 3.16. The first-order chi connectivity index (χ1) is 10.8. The molecule has 0 fully saturated rings. The van der Waals surface area contributed by atoms with E-state index in [1.54, 1.807) is 35.8 Å². The molecule has 1 aromatic carbocycles. The fourth-order valence-corrected chi connectivity index (χ4v) is 3.29. The largest absolute Gasteiger partial charge is 0.465 e. The van der Waals surface area contributed by atoms with Crippen LogP contribution in [0, 0.1) is 0 Å². The Balaban J connectivity index is 2.83. The predicted molar refractivity (Wildman–Crippen MR) is 93.6 cm³/mol. The number of carbonyl (C=O) groups is 1. The number of nitrogens with zero attached hydrogens (tertiary/aromatic N) is 3. The molecule has 0 amide bonds. The molecule has 0 saturated heterocycles. The number of aryl methyl sites for hydroxylation is 1. The molecular weight excluding hydrogens is 361 g/mol. The van der Waals surface area contributed by atoms with Crippen LogP contribution in [-0.4, -0.2) is 37.0 Å². The van der Waals surface area contributed by atoms with Gasteiger partial charge in [0.05, 0.1) is 22.8 Å². The summed E-state index contributed by atoms with van der Waals surface area (Å²) in [6.45, 7) is 1.91. The Kier molecular flexibility index (Phi) is 5.45. The van der Waals surface area contributed by atoms with Gasteiger partial charge in [-0.3, -0.25) is 0 Å². The second kappa shape index (κ2) is 6.99. The maximum atomic E-state index is 12.2. The topological polar surface area (TPSA) is 47.4 Å². The highest BCUT2D eigenvalue weighted by Crippen LogP contribution is 2.36. The number of rotatable bonds is 4. The Morgan fingerprint density at radius 2 is 1.83 bits per heavy atom. The quantitative estimate of drug-likeness (QED) is 0.749. The molecule has 1 heterocycles. The van der Waals surface area contributed by atoms with E-state index < -0.39 is 5.97 Å². The Morgan fingerprint density at radius 3 is 2.26 bits per heavy atom. The smallest absolute Gasteiger partial charge is 0.343 e. The van der Waals surface area contributed by atoms with Gasteiger partial charge in [0.1, 0.15) is 17.1 Å². The molecule has 0 aliphatic carbocycles. The summed E-state index contributed by atoms with van der Waals surface area (Å²) in [7, 11) is 4.94. The van der Waals surface area contributed by atoms with Gasteiger partial charge in [0.25, 0.3) is 0 Å². The molecule has 23 heavy (non-hydrogen) atoms. The second-order valence-corrected chi connectivity index (χ2v) is 6.27. The summed E-state index contributed by atoms with van der Waals surface area (Å²) in [5.74, 6) is 0.0813. The lowest BCUT2D eigenvalue weighted by molar-refractivity contribution is 0.0600. The van der Waals surface area contributed by atoms with Crippen LogP contribution in [0.15, 0.2) is 12.1 Å². The zero-order chi connectivity index (χ0) is 17.3. The van der Waals surface area contributed by atoms with Crippen LogP contribution < -0.4 is 4.90 Å². The minimum Gasteiger partial charge on any atom is -0.465 e. The van der Waals surface area contributed by atoms with Crippen LogP contribution in [0.5, 0.6) is 0 Å². The maximum Gasteiger partial charge on any atom is 0.343 e. The zero-order valence-electron chi connectivity index (χ0n) is 13.2. The van der Waals surface area contributed by atoms with Crippen LogP contribution in [0.4, 0.5) is 5.82 Å². The van der Waals surface area contributed by atoms with Crippen molar-refractivity contribution < 1.29 is 9.53 Å². The molecule has 1 aromatic heterocycles. The van der Waals surface area contributed by atoms with E-state index in [9.17, 15) is 4.79 Å². The normalized spacial score (nSPS) is 10.7. The number of methoxy groups -OCH3 is 1. The highest BCUT2D eigenvalue weighted by atomic mass is 35.5. The van der Waals surface area contributed by atoms with Gasteiger partial charge in [-0.25, -0.2) is 9.48 Å². The van der Waals surface area contributed by atoms with Gasteiger partial charge in [-0.15, -0.1) is 0 Å². The average molecular weight is 377 g/mol. The summed E-state index contributed by atoms with van der Waals surface area (Å²) in [5.41, 5.74) is 1.45. The van der Waals surface area contributed by atoms with E-state index >= 15 is 0 Å². The third-order valence-corrected chi connectivity index (χ3v) is 4.07. The van der Waals surface area contributed by atoms with Crippen LogP contribution >= 0.6 is 34.8 Å². The van der Waals surface area contributed by atoms with Crippen molar-refractivity contribution >= 4 is 46.6 Å². The molecule has 0 spiro atoms. The Bertz CT molecular complexity index is 734. The van der Waals surface area contributed by atoms with Crippen molar-refractivity contribution in [1.29, 1.82) is 0 Å². The van der Waals surface area contributed by atoms with Crippen molar-refractivity contribution in [3.63, 3.8) is 0 Å². The van der Waals surface area contributed by atoms with Crippen LogP contribution in [0.3, 0.4) is 0 Å². The molecular formula is C15H16Cl3N3O2. The summed E-state index contributed by atoms with van der Waals surface area (Å²) in [6.07, 6.45) is 0.557. The summed E-state index contributed by atoms with van der Waals surface area (Å²) >= 11 is 18.6. The third-order valence-electron chi connectivity index (χ3n) is 3.28. The maximum absolute atomic E-state index is 12.2. The summed E-state index contributed by atoms with van der Waals surface area (Å²) in [4.78, 5) is 14.0. The fourth-order valence-electron chi connectivity index (χ4n) is 2.32. The van der Waals surface area contributed by atoms with Gasteiger partial charge in [0, 0.05) is 19.1 Å². The van der Waals surface area contributed by atoms with Crippen LogP contribution in [0.1, 0.15) is 23.0 Å². The molecule has 2 aromatic rings. The van der Waals surface area contributed by atoms with Gasteiger partial charge in [-0.05, 0) is 18.6 Å². The number of carbonyl (C=O) groups excluding carboxylic acids is 1. The SMILES string of the molecule is CCc1nn(-c2c(Cl)cc(Cl)cc2Cl)c(N(C)C)c1C(=O)OC. The van der Waals surface area contributed by atoms with E-state index in [2.05, 4.69) is 5.10 Å². The number of aromatic nitrogens is 2. The third kappa shape index (κ3) is 3.27. The number of esters is 1.